The van der Waals surface area contributed by atoms with Crippen molar-refractivity contribution in [2.45, 2.75) is 36.2 Å². The molecule has 0 aromatic heterocycles. The molecule has 0 aliphatic heterocycles. The quantitative estimate of drug-likeness (QED) is 0.626. The van der Waals surface area contributed by atoms with Crippen LogP contribution in [0.4, 0.5) is 5.69 Å². The van der Waals surface area contributed by atoms with E-state index in [1.165, 1.54) is 18.2 Å². The fourth-order valence-corrected chi connectivity index (χ4v) is 3.45. The summed E-state index contributed by atoms with van der Waals surface area (Å²) >= 11 is 0. The molecule has 1 aromatic rings. The van der Waals surface area contributed by atoms with Crippen LogP contribution in [0.5, 0.6) is 0 Å². The first kappa shape index (κ1) is 14.9. The van der Waals surface area contributed by atoms with Gasteiger partial charge in [0, 0.05) is 18.7 Å². The molecule has 1 aliphatic carbocycles. The Balaban J connectivity index is 2.14. The minimum Gasteiger partial charge on any atom is -0.389 e. The van der Waals surface area contributed by atoms with Crippen LogP contribution in [0.3, 0.4) is 0 Å². The van der Waals surface area contributed by atoms with Crippen LogP contribution >= 0.6 is 0 Å². The number of nitrogens with one attached hydrogen (secondary N) is 1. The third-order valence-electron chi connectivity index (χ3n) is 3.46. The molecule has 1 saturated carbocycles. The smallest absolute Gasteiger partial charge is 0.270 e. The van der Waals surface area contributed by atoms with E-state index in [0.29, 0.717) is 12.8 Å². The molecule has 110 valence electrons. The van der Waals surface area contributed by atoms with Gasteiger partial charge in [-0.2, -0.15) is 0 Å². The zero-order valence-electron chi connectivity index (χ0n) is 10.8. The van der Waals surface area contributed by atoms with Gasteiger partial charge in [-0.05, 0) is 18.9 Å². The molecule has 1 fully saturated rings. The van der Waals surface area contributed by atoms with Crippen LogP contribution in [-0.4, -0.2) is 30.6 Å². The number of hydrogen-bond donors (Lipinski definition) is 2. The van der Waals surface area contributed by atoms with Crippen molar-refractivity contribution in [2.24, 2.45) is 0 Å². The molecule has 0 spiro atoms. The van der Waals surface area contributed by atoms with Crippen LogP contribution in [0.2, 0.25) is 0 Å². The second-order valence-electron chi connectivity index (χ2n) is 5.01. The van der Waals surface area contributed by atoms with Crippen molar-refractivity contribution < 1.29 is 18.4 Å². The summed E-state index contributed by atoms with van der Waals surface area (Å²) in [6.07, 6.45) is 2.86. The molecule has 8 heteroatoms. The summed E-state index contributed by atoms with van der Waals surface area (Å²) in [5.74, 6) is 0. The number of rotatable bonds is 5. The molecule has 0 heterocycles. The highest BCUT2D eigenvalue weighted by Crippen LogP contribution is 2.29. The zero-order chi connectivity index (χ0) is 14.8. The second-order valence-corrected chi connectivity index (χ2v) is 6.78. The molecular weight excluding hydrogens is 284 g/mol. The summed E-state index contributed by atoms with van der Waals surface area (Å²) in [5, 5.41) is 20.8. The molecule has 0 atom stereocenters. The third kappa shape index (κ3) is 3.33. The molecule has 0 saturated heterocycles. The van der Waals surface area contributed by atoms with Gasteiger partial charge in [0.05, 0.1) is 15.4 Å². The van der Waals surface area contributed by atoms with Crippen LogP contribution < -0.4 is 4.72 Å². The average molecular weight is 300 g/mol. The number of benzene rings is 1. The van der Waals surface area contributed by atoms with Gasteiger partial charge in [-0.15, -0.1) is 0 Å². The molecule has 1 aromatic carbocycles. The van der Waals surface area contributed by atoms with E-state index in [-0.39, 0.29) is 17.1 Å². The third-order valence-corrected chi connectivity index (χ3v) is 4.86. The van der Waals surface area contributed by atoms with Crippen LogP contribution in [-0.2, 0) is 10.0 Å². The molecule has 0 bridgehead atoms. The number of nitro benzene ring substituents is 1. The first-order valence-corrected chi connectivity index (χ1v) is 7.77. The standard InChI is InChI=1S/C12H16N2O5S/c15-12(6-1-2-7-12)9-13-20(18,19)11-5-3-4-10(8-11)14(16)17/h3-5,8,13,15H,1-2,6-7,9H2. The van der Waals surface area contributed by atoms with E-state index in [0.717, 1.165) is 18.9 Å². The lowest BCUT2D eigenvalue weighted by atomic mass is 10.0. The molecule has 1 aliphatic rings. The second kappa shape index (κ2) is 5.47. The first-order chi connectivity index (χ1) is 9.32. The van der Waals surface area contributed by atoms with Crippen molar-refractivity contribution in [3.05, 3.63) is 34.4 Å². The minimum atomic E-state index is -3.86. The van der Waals surface area contributed by atoms with Crippen LogP contribution in [0.25, 0.3) is 0 Å². The summed E-state index contributed by atoms with van der Waals surface area (Å²) in [4.78, 5) is 9.83. The summed E-state index contributed by atoms with van der Waals surface area (Å²) in [6.45, 7) is -0.0714. The molecule has 2 N–H and O–H groups in total. The van der Waals surface area contributed by atoms with Gasteiger partial charge < -0.3 is 5.11 Å². The molecule has 20 heavy (non-hydrogen) atoms. The Hall–Kier alpha value is -1.51. The maximum absolute atomic E-state index is 12.1. The molecular formula is C12H16N2O5S. The summed E-state index contributed by atoms with van der Waals surface area (Å²) in [6, 6.07) is 4.83. The lowest BCUT2D eigenvalue weighted by Crippen LogP contribution is -2.40. The number of nitro groups is 1. The zero-order valence-corrected chi connectivity index (χ0v) is 11.6. The van der Waals surface area contributed by atoms with Gasteiger partial charge in [0.2, 0.25) is 10.0 Å². The lowest BCUT2D eigenvalue weighted by molar-refractivity contribution is -0.385. The van der Waals surface area contributed by atoms with Crippen LogP contribution in [0, 0.1) is 10.1 Å². The maximum Gasteiger partial charge on any atom is 0.270 e. The summed E-state index contributed by atoms with van der Waals surface area (Å²) < 4.78 is 26.4. The SMILES string of the molecule is O=[N+]([O-])c1cccc(S(=O)(=O)NCC2(O)CCCC2)c1. The van der Waals surface area contributed by atoms with Gasteiger partial charge in [0.25, 0.3) is 5.69 Å². The Kier molecular flexibility index (Phi) is 4.07. The molecule has 7 nitrogen and oxygen atoms in total. The van der Waals surface area contributed by atoms with Crippen molar-refractivity contribution in [1.29, 1.82) is 0 Å². The van der Waals surface area contributed by atoms with E-state index < -0.39 is 20.5 Å². The van der Waals surface area contributed by atoms with Gasteiger partial charge in [0.15, 0.2) is 0 Å². The van der Waals surface area contributed by atoms with E-state index in [1.54, 1.807) is 0 Å². The maximum atomic E-state index is 12.1. The summed E-state index contributed by atoms with van der Waals surface area (Å²) in [5.41, 5.74) is -1.29. The summed E-state index contributed by atoms with van der Waals surface area (Å²) in [7, 11) is -3.86. The van der Waals surface area contributed by atoms with Gasteiger partial charge in [0.1, 0.15) is 0 Å². The topological polar surface area (TPSA) is 110 Å². The van der Waals surface area contributed by atoms with Crippen molar-refractivity contribution in [3.63, 3.8) is 0 Å². The van der Waals surface area contributed by atoms with E-state index in [1.807, 2.05) is 0 Å². The van der Waals surface area contributed by atoms with E-state index in [4.69, 9.17) is 0 Å². The van der Waals surface area contributed by atoms with Crippen molar-refractivity contribution >= 4 is 15.7 Å². The number of hydrogen-bond acceptors (Lipinski definition) is 5. The highest BCUT2D eigenvalue weighted by molar-refractivity contribution is 7.89. The van der Waals surface area contributed by atoms with Crippen molar-refractivity contribution in [2.75, 3.05) is 6.54 Å². The fraction of sp³-hybridized carbons (Fsp3) is 0.500. The molecule has 0 radical (unpaired) electrons. The monoisotopic (exact) mass is 300 g/mol. The van der Waals surface area contributed by atoms with Crippen molar-refractivity contribution in [3.8, 4) is 0 Å². The largest absolute Gasteiger partial charge is 0.389 e. The Morgan fingerprint density at radius 1 is 1.35 bits per heavy atom. The van der Waals surface area contributed by atoms with Gasteiger partial charge in [-0.3, -0.25) is 10.1 Å². The number of sulfonamides is 1. The predicted molar refractivity (Wildman–Crippen MR) is 71.7 cm³/mol. The van der Waals surface area contributed by atoms with Crippen LogP contribution in [0.1, 0.15) is 25.7 Å². The minimum absolute atomic E-state index is 0.0714. The Labute approximate surface area is 116 Å². The Morgan fingerprint density at radius 3 is 2.60 bits per heavy atom. The fourth-order valence-electron chi connectivity index (χ4n) is 2.29. The number of nitrogens with zero attached hydrogens (tertiary/aromatic N) is 1. The highest BCUT2D eigenvalue weighted by atomic mass is 32.2. The average Bonchev–Trinajstić information content (AvgIpc) is 2.84. The number of aliphatic hydroxyl groups is 1. The van der Waals surface area contributed by atoms with Gasteiger partial charge in [-0.1, -0.05) is 18.9 Å². The van der Waals surface area contributed by atoms with E-state index in [9.17, 15) is 23.6 Å². The molecule has 0 amide bonds. The number of non-ortho nitro benzene ring substituents is 1. The predicted octanol–water partition coefficient (Wildman–Crippen LogP) is 1.18. The van der Waals surface area contributed by atoms with Crippen LogP contribution in [0.15, 0.2) is 29.2 Å². The van der Waals surface area contributed by atoms with Crippen molar-refractivity contribution in [1.82, 2.24) is 4.72 Å². The van der Waals surface area contributed by atoms with Gasteiger partial charge in [-0.25, -0.2) is 13.1 Å². The van der Waals surface area contributed by atoms with Gasteiger partial charge >= 0.3 is 0 Å². The van der Waals surface area contributed by atoms with E-state index >= 15 is 0 Å². The molecule has 0 unspecified atom stereocenters. The highest BCUT2D eigenvalue weighted by Gasteiger charge is 2.32. The Bertz CT molecular complexity index is 608. The Morgan fingerprint density at radius 2 is 2.00 bits per heavy atom. The lowest BCUT2D eigenvalue weighted by Gasteiger charge is -2.22. The first-order valence-electron chi connectivity index (χ1n) is 6.29. The normalized spacial score (nSPS) is 18.1. The van der Waals surface area contributed by atoms with E-state index in [2.05, 4.69) is 4.72 Å². The molecule has 2 rings (SSSR count).